The Labute approximate surface area is 462 Å². The highest BCUT2D eigenvalue weighted by molar-refractivity contribution is 6.09. The molecule has 11 aromatic carbocycles. The second-order valence-electron chi connectivity index (χ2n) is 20.3. The Balaban J connectivity index is 0.927. The van der Waals surface area contributed by atoms with Crippen LogP contribution in [-0.2, 0) is 5.60 Å². The lowest BCUT2D eigenvalue weighted by Crippen LogP contribution is -2.34. The third kappa shape index (κ3) is 8.08. The van der Waals surface area contributed by atoms with Gasteiger partial charge in [-0.05, 0) is 94.5 Å². The molecule has 1 aliphatic heterocycles. The van der Waals surface area contributed by atoms with E-state index in [1.54, 1.807) is 0 Å². The Morgan fingerprint density at radius 1 is 0.312 bits per heavy atom. The van der Waals surface area contributed by atoms with Crippen LogP contribution < -0.4 is 4.74 Å². The van der Waals surface area contributed by atoms with Crippen LogP contribution in [0, 0.1) is 0 Å². The molecule has 0 bridgehead atoms. The van der Waals surface area contributed by atoms with Gasteiger partial charge in [-0.1, -0.05) is 212 Å². The summed E-state index contributed by atoms with van der Waals surface area (Å²) in [6.07, 6.45) is 0. The molecule has 0 saturated heterocycles. The molecule has 8 nitrogen and oxygen atoms in total. The van der Waals surface area contributed by atoms with Crippen LogP contribution in [0.3, 0.4) is 0 Å². The monoisotopic (exact) mass is 1030 g/mol. The highest BCUT2D eigenvalue weighted by atomic mass is 16.5. The Morgan fingerprint density at radius 3 is 1.43 bits per heavy atom. The van der Waals surface area contributed by atoms with Gasteiger partial charge in [0.2, 0.25) is 0 Å². The Kier molecular flexibility index (Phi) is 11.1. The topological polar surface area (TPSA) is 91.5 Å². The molecule has 1 atom stereocenters. The lowest BCUT2D eigenvalue weighted by molar-refractivity contribution is 0.129. The van der Waals surface area contributed by atoms with Gasteiger partial charge in [0.1, 0.15) is 5.75 Å². The molecule has 376 valence electrons. The van der Waals surface area contributed by atoms with E-state index in [0.29, 0.717) is 34.9 Å². The number of benzene rings is 11. The van der Waals surface area contributed by atoms with Crippen LogP contribution in [0.1, 0.15) is 18.1 Å². The predicted octanol–water partition coefficient (Wildman–Crippen LogP) is 17.3. The molecule has 0 spiro atoms. The van der Waals surface area contributed by atoms with Gasteiger partial charge in [0.15, 0.2) is 40.5 Å². The molecule has 80 heavy (non-hydrogen) atoms. The maximum atomic E-state index is 7.22. The molecule has 1 aliphatic rings. The highest BCUT2D eigenvalue weighted by Crippen LogP contribution is 2.50. The molecule has 3 aromatic heterocycles. The maximum Gasteiger partial charge on any atom is 0.164 e. The smallest absolute Gasteiger partial charge is 0.164 e. The van der Waals surface area contributed by atoms with E-state index < -0.39 is 5.60 Å². The molecule has 8 heteroatoms. The standard InChI is InChI=1S/C72H47N7O/c1-72(54-25-9-4-10-26-54)62-30-16-13-27-57(62)60-42-37-51(45-65(60)80-72)56-41-38-53(44-61(56)71-77-66(47-20-5-2-6-21-47)73-67(78-71)48-22-7-3-8-23-48)70-75-68(74-69(76-70)52-34-33-46-19-11-12-24-50(46)43-52)49-35-39-55(40-36-49)79-63-31-17-14-28-58(63)59-29-15-18-32-64(59)79/h2-45H,1H3. The van der Waals surface area contributed by atoms with Gasteiger partial charge in [-0.2, -0.15) is 0 Å². The molecule has 1 unspecified atom stereocenters. The molecule has 15 rings (SSSR count). The summed E-state index contributed by atoms with van der Waals surface area (Å²) < 4.78 is 9.54. The predicted molar refractivity (Wildman–Crippen MR) is 322 cm³/mol. The van der Waals surface area contributed by atoms with Gasteiger partial charge >= 0.3 is 0 Å². The quantitative estimate of drug-likeness (QED) is 0.142. The molecule has 14 aromatic rings. The number of aromatic nitrogens is 7. The number of para-hydroxylation sites is 2. The van der Waals surface area contributed by atoms with Gasteiger partial charge in [-0.3, -0.25) is 0 Å². The Morgan fingerprint density at radius 2 is 0.775 bits per heavy atom. The van der Waals surface area contributed by atoms with Crippen molar-refractivity contribution in [3.63, 3.8) is 0 Å². The lowest BCUT2D eigenvalue weighted by Gasteiger charge is -2.38. The minimum Gasteiger partial charge on any atom is -0.477 e. The number of nitrogens with zero attached hydrogens (tertiary/aromatic N) is 7. The van der Waals surface area contributed by atoms with E-state index in [-0.39, 0.29) is 0 Å². The van der Waals surface area contributed by atoms with Gasteiger partial charge in [-0.15, -0.1) is 0 Å². The summed E-state index contributed by atoms with van der Waals surface area (Å²) in [6, 6.07) is 92.3. The van der Waals surface area contributed by atoms with E-state index in [1.165, 1.54) is 10.8 Å². The summed E-state index contributed by atoms with van der Waals surface area (Å²) in [5.74, 6) is 3.99. The van der Waals surface area contributed by atoms with Crippen LogP contribution in [0.5, 0.6) is 5.75 Å². The second-order valence-corrected chi connectivity index (χ2v) is 20.3. The molecule has 0 saturated carbocycles. The zero-order chi connectivity index (χ0) is 53.2. The maximum absolute atomic E-state index is 7.22. The van der Waals surface area contributed by atoms with Crippen molar-refractivity contribution in [1.29, 1.82) is 0 Å². The van der Waals surface area contributed by atoms with Gasteiger partial charge in [0.25, 0.3) is 0 Å². The van der Waals surface area contributed by atoms with E-state index >= 15 is 0 Å². The van der Waals surface area contributed by atoms with E-state index in [9.17, 15) is 0 Å². The number of ether oxygens (including phenoxy) is 1. The van der Waals surface area contributed by atoms with Crippen molar-refractivity contribution in [2.24, 2.45) is 0 Å². The van der Waals surface area contributed by atoms with Crippen LogP contribution in [0.15, 0.2) is 267 Å². The molecule has 4 heterocycles. The minimum atomic E-state index is -0.746. The van der Waals surface area contributed by atoms with Crippen molar-refractivity contribution in [2.75, 3.05) is 0 Å². The first kappa shape index (κ1) is 46.6. The fourth-order valence-electron chi connectivity index (χ4n) is 11.5. The van der Waals surface area contributed by atoms with Crippen molar-refractivity contribution >= 4 is 32.6 Å². The second kappa shape index (κ2) is 19.1. The molecular weight excluding hydrogens is 979 g/mol. The number of hydrogen-bond acceptors (Lipinski definition) is 7. The Hall–Kier alpha value is -10.7. The summed E-state index contributed by atoms with van der Waals surface area (Å²) in [7, 11) is 0. The normalized spacial score (nSPS) is 13.7. The van der Waals surface area contributed by atoms with Gasteiger partial charge in [0.05, 0.1) is 11.0 Å². The summed E-state index contributed by atoms with van der Waals surface area (Å²) in [6.45, 7) is 2.16. The number of fused-ring (bicyclic) bond motifs is 7. The summed E-state index contributed by atoms with van der Waals surface area (Å²) in [5, 5.41) is 4.65. The van der Waals surface area contributed by atoms with Crippen LogP contribution in [0.2, 0.25) is 0 Å². The first-order valence-corrected chi connectivity index (χ1v) is 26.8. The van der Waals surface area contributed by atoms with Crippen LogP contribution in [0.4, 0.5) is 0 Å². The molecule has 0 aliphatic carbocycles. The zero-order valence-corrected chi connectivity index (χ0v) is 43.4. The summed E-state index contributed by atoms with van der Waals surface area (Å²) >= 11 is 0. The average Bonchev–Trinajstić information content (AvgIpc) is 4.02. The van der Waals surface area contributed by atoms with Crippen molar-refractivity contribution in [1.82, 2.24) is 34.5 Å². The van der Waals surface area contributed by atoms with Crippen molar-refractivity contribution in [3.05, 3.63) is 278 Å². The van der Waals surface area contributed by atoms with Crippen molar-refractivity contribution in [2.45, 2.75) is 12.5 Å². The molecule has 0 fully saturated rings. The third-order valence-corrected chi connectivity index (χ3v) is 15.5. The molecule has 0 amide bonds. The first-order chi connectivity index (χ1) is 39.5. The van der Waals surface area contributed by atoms with Gasteiger partial charge < -0.3 is 9.30 Å². The van der Waals surface area contributed by atoms with Gasteiger partial charge in [0, 0.05) is 61.0 Å². The number of hydrogen-bond donors (Lipinski definition) is 0. The SMILES string of the molecule is CC1(c2ccccc2)Oc2cc(-c3ccc(-c4nc(-c5ccc(-n6c7ccccc7c7ccccc76)cc5)nc(-c5ccc6ccccc6c5)n4)cc3-c3nc(-c4ccccc4)nc(-c4ccccc4)n3)ccc2-c2ccccc21. The van der Waals surface area contributed by atoms with E-state index in [1.807, 2.05) is 66.7 Å². The van der Waals surface area contributed by atoms with Crippen LogP contribution in [0.25, 0.3) is 129 Å². The van der Waals surface area contributed by atoms with Crippen molar-refractivity contribution < 1.29 is 4.74 Å². The van der Waals surface area contributed by atoms with E-state index in [4.69, 9.17) is 34.6 Å². The van der Waals surface area contributed by atoms with E-state index in [2.05, 4.69) is 212 Å². The minimum absolute atomic E-state index is 0.498. The highest BCUT2D eigenvalue weighted by Gasteiger charge is 2.38. The molecule has 0 N–H and O–H groups in total. The van der Waals surface area contributed by atoms with Gasteiger partial charge in [-0.25, -0.2) is 29.9 Å². The van der Waals surface area contributed by atoms with E-state index in [0.717, 1.165) is 100 Å². The largest absolute Gasteiger partial charge is 0.477 e. The summed E-state index contributed by atoms with van der Waals surface area (Å²) in [5.41, 5.74) is 13.8. The first-order valence-electron chi connectivity index (χ1n) is 26.8. The fraction of sp³-hybridized carbons (Fsp3) is 0.0278. The van der Waals surface area contributed by atoms with Crippen LogP contribution >= 0.6 is 0 Å². The summed E-state index contributed by atoms with van der Waals surface area (Å²) in [4.78, 5) is 31.6. The zero-order valence-electron chi connectivity index (χ0n) is 43.4. The number of rotatable bonds is 9. The lowest BCUT2D eigenvalue weighted by atomic mass is 9.80. The molecule has 0 radical (unpaired) electrons. The Bertz CT molecular complexity index is 4580. The third-order valence-electron chi connectivity index (χ3n) is 15.5. The molecular formula is C72H47N7O. The average molecular weight is 1030 g/mol. The van der Waals surface area contributed by atoms with Crippen LogP contribution in [-0.4, -0.2) is 34.5 Å². The fourth-order valence-corrected chi connectivity index (χ4v) is 11.5. The van der Waals surface area contributed by atoms with Crippen molar-refractivity contribution in [3.8, 4) is 102 Å².